The molecule has 1 heterocycles. The lowest BCUT2D eigenvalue weighted by Gasteiger charge is -2.07. The zero-order valence-electron chi connectivity index (χ0n) is 16.1. The Morgan fingerprint density at radius 3 is 2.31 bits per heavy atom. The smallest absolute Gasteiger partial charge is 0.328 e. The zero-order valence-corrected chi connectivity index (χ0v) is 16.1. The first kappa shape index (κ1) is 23.4. The number of nitrogens with zero attached hydrogens (tertiary/aromatic N) is 2. The van der Waals surface area contributed by atoms with Gasteiger partial charge in [-0.2, -0.15) is 0 Å². The first-order valence-electron chi connectivity index (χ1n) is 9.01. The number of nitrogens with one attached hydrogen (secondary N) is 1. The Labute approximate surface area is 168 Å². The van der Waals surface area contributed by atoms with Gasteiger partial charge in [0.25, 0.3) is 0 Å². The van der Waals surface area contributed by atoms with Gasteiger partial charge in [-0.15, -0.1) is 0 Å². The number of aromatic amines is 1. The molecule has 0 amide bonds. The van der Waals surface area contributed by atoms with E-state index in [0.29, 0.717) is 24.5 Å². The van der Waals surface area contributed by atoms with Gasteiger partial charge in [-0.3, -0.25) is 0 Å². The molecule has 0 atom stereocenters. The van der Waals surface area contributed by atoms with Gasteiger partial charge in [-0.25, -0.2) is 14.6 Å². The van der Waals surface area contributed by atoms with Crippen molar-refractivity contribution in [3.63, 3.8) is 0 Å². The van der Waals surface area contributed by atoms with Crippen LogP contribution in [-0.4, -0.2) is 49.6 Å². The van der Waals surface area contributed by atoms with Crippen molar-refractivity contribution in [2.24, 2.45) is 5.16 Å². The fraction of sp³-hybridized carbons (Fsp3) is 0.300. The standard InChI is InChI=1S/C16H21N3O2.C4H4O4/c1-2-4-16(19-20)13-6-8-15(9-7-13)21-10-3-5-14-11-17-12-18-14;5-3(6)1-2-4(7)8/h6-9,11-12,20H,2-5,10H2,1H3,(H,17,18);1-2H,(H,5,6)(H,7,8)/b19-16+;2-1-. The van der Waals surface area contributed by atoms with Crippen molar-refractivity contribution in [2.45, 2.75) is 32.6 Å². The monoisotopic (exact) mass is 403 g/mol. The minimum atomic E-state index is -1.26. The number of oxime groups is 1. The number of aromatic nitrogens is 2. The molecule has 29 heavy (non-hydrogen) atoms. The van der Waals surface area contributed by atoms with Gasteiger partial charge in [0.15, 0.2) is 0 Å². The van der Waals surface area contributed by atoms with E-state index in [-0.39, 0.29) is 0 Å². The van der Waals surface area contributed by atoms with Gasteiger partial charge in [0.1, 0.15) is 5.75 Å². The number of aliphatic carboxylic acids is 2. The van der Waals surface area contributed by atoms with E-state index < -0.39 is 11.9 Å². The summed E-state index contributed by atoms with van der Waals surface area (Å²) in [4.78, 5) is 26.2. The first-order valence-corrected chi connectivity index (χ1v) is 9.01. The third kappa shape index (κ3) is 10.3. The normalized spacial score (nSPS) is 11.0. The van der Waals surface area contributed by atoms with Crippen LogP contribution in [0, 0.1) is 0 Å². The van der Waals surface area contributed by atoms with Crippen LogP contribution in [0.25, 0.3) is 0 Å². The van der Waals surface area contributed by atoms with E-state index in [1.165, 1.54) is 0 Å². The molecule has 0 unspecified atom stereocenters. The first-order chi connectivity index (χ1) is 14.0. The Hall–Kier alpha value is -3.62. The SMILES string of the molecule is CCC/C(=N\O)c1ccc(OCCCc2cnc[nH]2)cc1.O=C(O)/C=C\C(=O)O. The number of carboxylic acid groups (broad SMARTS) is 2. The van der Waals surface area contributed by atoms with Crippen LogP contribution in [0.3, 0.4) is 0 Å². The third-order valence-corrected chi connectivity index (χ3v) is 3.58. The van der Waals surface area contributed by atoms with Crippen LogP contribution in [0.2, 0.25) is 0 Å². The number of imidazole rings is 1. The summed E-state index contributed by atoms with van der Waals surface area (Å²) in [6, 6.07) is 7.67. The van der Waals surface area contributed by atoms with Crippen molar-refractivity contribution in [3.05, 3.63) is 60.2 Å². The molecule has 0 saturated heterocycles. The number of benzene rings is 1. The lowest BCUT2D eigenvalue weighted by Crippen LogP contribution is -2.02. The van der Waals surface area contributed by atoms with Gasteiger partial charge < -0.3 is 25.1 Å². The zero-order chi connectivity index (χ0) is 21.5. The lowest BCUT2D eigenvalue weighted by atomic mass is 10.1. The molecule has 9 nitrogen and oxygen atoms in total. The summed E-state index contributed by atoms with van der Waals surface area (Å²) in [5.41, 5.74) is 2.77. The van der Waals surface area contributed by atoms with E-state index in [1.54, 1.807) is 6.33 Å². The predicted molar refractivity (Wildman–Crippen MR) is 106 cm³/mol. The van der Waals surface area contributed by atoms with Gasteiger partial charge >= 0.3 is 11.9 Å². The van der Waals surface area contributed by atoms with Crippen LogP contribution in [0.15, 0.2) is 54.1 Å². The molecule has 0 bridgehead atoms. The minimum Gasteiger partial charge on any atom is -0.494 e. The lowest BCUT2D eigenvalue weighted by molar-refractivity contribution is -0.134. The van der Waals surface area contributed by atoms with Crippen LogP contribution in [0.1, 0.15) is 37.4 Å². The van der Waals surface area contributed by atoms with Crippen LogP contribution in [-0.2, 0) is 16.0 Å². The summed E-state index contributed by atoms with van der Waals surface area (Å²) in [7, 11) is 0. The summed E-state index contributed by atoms with van der Waals surface area (Å²) < 4.78 is 5.70. The van der Waals surface area contributed by atoms with Crippen LogP contribution < -0.4 is 4.74 Å². The Morgan fingerprint density at radius 1 is 1.17 bits per heavy atom. The number of ether oxygens (including phenoxy) is 1. The maximum atomic E-state index is 9.55. The molecular weight excluding hydrogens is 378 g/mol. The molecule has 0 radical (unpaired) electrons. The largest absolute Gasteiger partial charge is 0.494 e. The molecule has 0 aliphatic carbocycles. The molecule has 0 aliphatic heterocycles. The van der Waals surface area contributed by atoms with Crippen LogP contribution in [0.5, 0.6) is 5.75 Å². The number of carboxylic acids is 2. The molecule has 2 aromatic rings. The van der Waals surface area contributed by atoms with E-state index in [0.717, 1.165) is 42.7 Å². The summed E-state index contributed by atoms with van der Waals surface area (Å²) in [6.45, 7) is 2.72. The topological polar surface area (TPSA) is 145 Å². The molecule has 1 aromatic carbocycles. The van der Waals surface area contributed by atoms with Gasteiger partial charge in [-0.05, 0) is 49.1 Å². The molecule has 4 N–H and O–H groups in total. The second-order valence-electron chi connectivity index (χ2n) is 5.86. The van der Waals surface area contributed by atoms with Gasteiger partial charge in [0.05, 0.1) is 18.6 Å². The van der Waals surface area contributed by atoms with Gasteiger partial charge in [0, 0.05) is 24.0 Å². The maximum Gasteiger partial charge on any atom is 0.328 e. The second-order valence-corrected chi connectivity index (χ2v) is 5.86. The number of aryl methyl sites for hydroxylation is 1. The van der Waals surface area contributed by atoms with Crippen LogP contribution in [0.4, 0.5) is 0 Å². The average Bonchev–Trinajstić information content (AvgIpc) is 3.22. The highest BCUT2D eigenvalue weighted by Crippen LogP contribution is 2.15. The van der Waals surface area contributed by atoms with E-state index in [2.05, 4.69) is 22.0 Å². The summed E-state index contributed by atoms with van der Waals surface area (Å²) >= 11 is 0. The number of carbonyl (C=O) groups is 2. The Morgan fingerprint density at radius 2 is 1.83 bits per heavy atom. The maximum absolute atomic E-state index is 9.55. The fourth-order valence-corrected chi connectivity index (χ4v) is 2.25. The molecule has 0 spiro atoms. The summed E-state index contributed by atoms with van der Waals surface area (Å²) in [5.74, 6) is -1.68. The van der Waals surface area contributed by atoms with Crippen molar-refractivity contribution in [3.8, 4) is 5.75 Å². The van der Waals surface area contributed by atoms with Crippen molar-refractivity contribution in [1.29, 1.82) is 0 Å². The van der Waals surface area contributed by atoms with Crippen LogP contribution >= 0.6 is 0 Å². The van der Waals surface area contributed by atoms with Crippen molar-refractivity contribution >= 4 is 17.7 Å². The third-order valence-electron chi connectivity index (χ3n) is 3.58. The second kappa shape index (κ2) is 13.5. The Bertz CT molecular complexity index is 782. The highest BCUT2D eigenvalue weighted by molar-refractivity contribution is 6.00. The predicted octanol–water partition coefficient (Wildman–Crippen LogP) is 3.11. The quantitative estimate of drug-likeness (QED) is 0.157. The molecular formula is C20H25N3O6. The highest BCUT2D eigenvalue weighted by atomic mass is 16.5. The van der Waals surface area contributed by atoms with E-state index in [9.17, 15) is 9.59 Å². The van der Waals surface area contributed by atoms with Crippen molar-refractivity contribution in [2.75, 3.05) is 6.61 Å². The molecule has 2 rings (SSSR count). The van der Waals surface area contributed by atoms with E-state index in [1.807, 2.05) is 30.5 Å². The minimum absolute atomic E-state index is 0.558. The Balaban J connectivity index is 0.000000447. The van der Waals surface area contributed by atoms with Crippen molar-refractivity contribution < 1.29 is 29.7 Å². The van der Waals surface area contributed by atoms with E-state index in [4.69, 9.17) is 20.2 Å². The highest BCUT2D eigenvalue weighted by Gasteiger charge is 2.04. The van der Waals surface area contributed by atoms with Gasteiger partial charge in [-0.1, -0.05) is 18.5 Å². The number of H-pyrrole nitrogens is 1. The van der Waals surface area contributed by atoms with Gasteiger partial charge in [0.2, 0.25) is 0 Å². The Kier molecular flexibility index (Phi) is 10.9. The molecule has 0 fully saturated rings. The summed E-state index contributed by atoms with van der Waals surface area (Å²) in [6.07, 6.45) is 8.21. The van der Waals surface area contributed by atoms with Crippen molar-refractivity contribution in [1.82, 2.24) is 9.97 Å². The number of hydrogen-bond acceptors (Lipinski definition) is 6. The molecule has 0 aliphatic rings. The summed E-state index contributed by atoms with van der Waals surface area (Å²) in [5, 5.41) is 28.0. The fourth-order valence-electron chi connectivity index (χ4n) is 2.25. The number of rotatable bonds is 10. The molecule has 9 heteroatoms. The molecule has 156 valence electrons. The molecule has 0 saturated carbocycles. The number of hydrogen-bond donors (Lipinski definition) is 4. The molecule has 1 aromatic heterocycles. The average molecular weight is 403 g/mol. The van der Waals surface area contributed by atoms with E-state index >= 15 is 0 Å².